The Bertz CT molecular complexity index is 962. The standard InChI is InChI=1S/C21H18N2OS/c1-14-4-7-17(10-15(14)2)20-13-25-21(23-20)18(12-22)11-16-5-8-19(24-3)9-6-16/h4-11,13H,1-3H3/b18-11-. The molecule has 0 unspecified atom stereocenters. The summed E-state index contributed by atoms with van der Waals surface area (Å²) in [6.07, 6.45) is 1.85. The van der Waals surface area contributed by atoms with Gasteiger partial charge in [-0.25, -0.2) is 4.98 Å². The molecule has 2 aromatic carbocycles. The zero-order chi connectivity index (χ0) is 17.8. The Morgan fingerprint density at radius 1 is 1.12 bits per heavy atom. The summed E-state index contributed by atoms with van der Waals surface area (Å²) in [6, 6.07) is 16.2. The van der Waals surface area contributed by atoms with Gasteiger partial charge in [0.25, 0.3) is 0 Å². The van der Waals surface area contributed by atoms with Gasteiger partial charge >= 0.3 is 0 Å². The van der Waals surface area contributed by atoms with Crippen LogP contribution in [0.25, 0.3) is 22.9 Å². The molecule has 0 spiro atoms. The van der Waals surface area contributed by atoms with Gasteiger partial charge in [-0.3, -0.25) is 0 Å². The van der Waals surface area contributed by atoms with E-state index in [0.717, 1.165) is 27.6 Å². The Morgan fingerprint density at radius 2 is 1.88 bits per heavy atom. The minimum atomic E-state index is 0.560. The first-order valence-corrected chi connectivity index (χ1v) is 8.78. The number of aryl methyl sites for hydroxylation is 2. The lowest BCUT2D eigenvalue weighted by Crippen LogP contribution is -1.86. The molecule has 124 valence electrons. The first kappa shape index (κ1) is 16.9. The van der Waals surface area contributed by atoms with Gasteiger partial charge in [0.2, 0.25) is 0 Å². The first-order valence-electron chi connectivity index (χ1n) is 7.90. The van der Waals surface area contributed by atoms with Crippen molar-refractivity contribution in [2.75, 3.05) is 7.11 Å². The van der Waals surface area contributed by atoms with E-state index in [1.54, 1.807) is 7.11 Å². The predicted octanol–water partition coefficient (Wildman–Crippen LogP) is 5.50. The van der Waals surface area contributed by atoms with Crippen LogP contribution >= 0.6 is 11.3 Å². The molecule has 1 aromatic heterocycles. The zero-order valence-electron chi connectivity index (χ0n) is 14.4. The quantitative estimate of drug-likeness (QED) is 0.586. The van der Waals surface area contributed by atoms with Crippen LogP contribution in [0.15, 0.2) is 47.8 Å². The molecule has 0 bridgehead atoms. The van der Waals surface area contributed by atoms with E-state index in [9.17, 15) is 5.26 Å². The van der Waals surface area contributed by atoms with Gasteiger partial charge in [-0.15, -0.1) is 11.3 Å². The van der Waals surface area contributed by atoms with Crippen molar-refractivity contribution < 1.29 is 4.74 Å². The van der Waals surface area contributed by atoms with Crippen molar-refractivity contribution in [2.24, 2.45) is 0 Å². The molecule has 0 fully saturated rings. The lowest BCUT2D eigenvalue weighted by Gasteiger charge is -2.02. The molecule has 0 atom stereocenters. The van der Waals surface area contributed by atoms with E-state index >= 15 is 0 Å². The normalized spacial score (nSPS) is 11.2. The van der Waals surface area contributed by atoms with Crippen LogP contribution in [-0.4, -0.2) is 12.1 Å². The molecule has 3 nitrogen and oxygen atoms in total. The fourth-order valence-corrected chi connectivity index (χ4v) is 3.23. The molecule has 1 heterocycles. The monoisotopic (exact) mass is 346 g/mol. The van der Waals surface area contributed by atoms with Crippen LogP contribution in [0.3, 0.4) is 0 Å². The molecule has 0 aliphatic heterocycles. The summed E-state index contributed by atoms with van der Waals surface area (Å²) in [4.78, 5) is 4.66. The van der Waals surface area contributed by atoms with Gasteiger partial charge in [-0.05, 0) is 54.8 Å². The van der Waals surface area contributed by atoms with E-state index < -0.39 is 0 Å². The average molecular weight is 346 g/mol. The third kappa shape index (κ3) is 3.78. The van der Waals surface area contributed by atoms with Crippen molar-refractivity contribution in [1.82, 2.24) is 4.98 Å². The van der Waals surface area contributed by atoms with Crippen molar-refractivity contribution in [2.45, 2.75) is 13.8 Å². The molecule has 0 radical (unpaired) electrons. The van der Waals surface area contributed by atoms with Gasteiger partial charge in [-0.2, -0.15) is 5.26 Å². The van der Waals surface area contributed by atoms with E-state index in [1.165, 1.54) is 22.5 Å². The van der Waals surface area contributed by atoms with E-state index in [1.807, 2.05) is 35.7 Å². The lowest BCUT2D eigenvalue weighted by molar-refractivity contribution is 0.415. The highest BCUT2D eigenvalue weighted by Crippen LogP contribution is 2.28. The van der Waals surface area contributed by atoms with Crippen LogP contribution in [0.5, 0.6) is 5.75 Å². The fraction of sp³-hybridized carbons (Fsp3) is 0.143. The number of hydrogen-bond donors (Lipinski definition) is 0. The van der Waals surface area contributed by atoms with E-state index in [0.29, 0.717) is 5.57 Å². The molecule has 0 aliphatic carbocycles. The molecule has 0 N–H and O–H groups in total. The maximum Gasteiger partial charge on any atom is 0.134 e. The second-order valence-corrected chi connectivity index (χ2v) is 6.64. The summed E-state index contributed by atoms with van der Waals surface area (Å²) in [6.45, 7) is 4.19. The minimum Gasteiger partial charge on any atom is -0.497 e. The number of methoxy groups -OCH3 is 1. The van der Waals surface area contributed by atoms with Crippen molar-refractivity contribution >= 4 is 23.0 Å². The highest BCUT2D eigenvalue weighted by atomic mass is 32.1. The van der Waals surface area contributed by atoms with Crippen molar-refractivity contribution in [3.63, 3.8) is 0 Å². The summed E-state index contributed by atoms with van der Waals surface area (Å²) in [7, 11) is 1.63. The molecule has 3 aromatic rings. The number of benzene rings is 2. The Morgan fingerprint density at radius 3 is 2.52 bits per heavy atom. The number of nitrogens with zero attached hydrogens (tertiary/aromatic N) is 2. The number of aromatic nitrogens is 1. The van der Waals surface area contributed by atoms with Gasteiger partial charge in [0.15, 0.2) is 0 Å². The van der Waals surface area contributed by atoms with Crippen LogP contribution in [-0.2, 0) is 0 Å². The number of rotatable bonds is 4. The lowest BCUT2D eigenvalue weighted by atomic mass is 10.1. The summed E-state index contributed by atoms with van der Waals surface area (Å²) >= 11 is 1.49. The van der Waals surface area contributed by atoms with E-state index in [-0.39, 0.29) is 0 Å². The Kier molecular flexibility index (Phi) is 4.97. The van der Waals surface area contributed by atoms with Crippen LogP contribution in [0, 0.1) is 25.2 Å². The molecule has 0 amide bonds. The molecule has 4 heteroatoms. The average Bonchev–Trinajstić information content (AvgIpc) is 3.12. The van der Waals surface area contributed by atoms with Crippen molar-refractivity contribution in [1.29, 1.82) is 5.26 Å². The molecule has 25 heavy (non-hydrogen) atoms. The van der Waals surface area contributed by atoms with Gasteiger partial charge in [0, 0.05) is 10.9 Å². The van der Waals surface area contributed by atoms with E-state index in [2.05, 4.69) is 43.1 Å². The summed E-state index contributed by atoms with van der Waals surface area (Å²) < 4.78 is 5.16. The number of nitriles is 1. The van der Waals surface area contributed by atoms with Gasteiger partial charge in [-0.1, -0.05) is 24.3 Å². The Balaban J connectivity index is 1.91. The smallest absolute Gasteiger partial charge is 0.134 e. The highest BCUT2D eigenvalue weighted by Gasteiger charge is 2.10. The second-order valence-electron chi connectivity index (χ2n) is 5.78. The number of thiazole rings is 1. The van der Waals surface area contributed by atoms with Gasteiger partial charge in [0.1, 0.15) is 16.8 Å². The molecule has 0 saturated carbocycles. The third-order valence-electron chi connectivity index (χ3n) is 4.08. The van der Waals surface area contributed by atoms with Gasteiger partial charge < -0.3 is 4.74 Å². The molecule has 3 rings (SSSR count). The summed E-state index contributed by atoms with van der Waals surface area (Å²) in [5.74, 6) is 0.793. The molecule has 0 aliphatic rings. The molecule has 0 saturated heterocycles. The number of ether oxygens (including phenoxy) is 1. The first-order chi connectivity index (χ1) is 12.1. The maximum absolute atomic E-state index is 9.53. The van der Waals surface area contributed by atoms with Crippen LogP contribution in [0.2, 0.25) is 0 Å². The molecular formula is C21H18N2OS. The van der Waals surface area contributed by atoms with Crippen LogP contribution < -0.4 is 4.74 Å². The van der Waals surface area contributed by atoms with Crippen molar-refractivity contribution in [3.05, 3.63) is 69.5 Å². The largest absolute Gasteiger partial charge is 0.497 e. The predicted molar refractivity (Wildman–Crippen MR) is 104 cm³/mol. The molecular weight excluding hydrogens is 328 g/mol. The minimum absolute atomic E-state index is 0.560. The Labute approximate surface area is 151 Å². The zero-order valence-corrected chi connectivity index (χ0v) is 15.2. The third-order valence-corrected chi connectivity index (χ3v) is 4.96. The maximum atomic E-state index is 9.53. The Hall–Kier alpha value is -2.90. The van der Waals surface area contributed by atoms with Gasteiger partial charge in [0.05, 0.1) is 18.4 Å². The number of hydrogen-bond acceptors (Lipinski definition) is 4. The van der Waals surface area contributed by atoms with Crippen LogP contribution in [0.4, 0.5) is 0 Å². The highest BCUT2D eigenvalue weighted by molar-refractivity contribution is 7.11. The van der Waals surface area contributed by atoms with E-state index in [4.69, 9.17) is 4.74 Å². The van der Waals surface area contributed by atoms with Crippen molar-refractivity contribution in [3.8, 4) is 23.1 Å². The second kappa shape index (κ2) is 7.33. The van der Waals surface area contributed by atoms with Crippen LogP contribution in [0.1, 0.15) is 21.7 Å². The fourth-order valence-electron chi connectivity index (χ4n) is 2.44. The number of allylic oxidation sites excluding steroid dienone is 1. The summed E-state index contributed by atoms with van der Waals surface area (Å²) in [5, 5.41) is 12.3. The topological polar surface area (TPSA) is 45.9 Å². The SMILES string of the molecule is COc1ccc(/C=C(/C#N)c2nc(-c3ccc(C)c(C)c3)cs2)cc1. The summed E-state index contributed by atoms with van der Waals surface area (Å²) in [5.41, 5.74) is 5.98.